The van der Waals surface area contributed by atoms with Gasteiger partial charge in [-0.25, -0.2) is 0 Å². The number of nitrogens with one attached hydrogen (secondary N) is 1. The Kier molecular flexibility index (Phi) is 5.95. The molecule has 1 saturated heterocycles. The minimum Gasteiger partial charge on any atom is -0.468 e. The Morgan fingerprint density at radius 2 is 2.05 bits per heavy atom. The summed E-state index contributed by atoms with van der Waals surface area (Å²) in [4.78, 5) is 25.1. The van der Waals surface area contributed by atoms with Gasteiger partial charge in [0, 0.05) is 19.0 Å². The third-order valence-corrected chi connectivity index (χ3v) is 4.11. The number of amides is 1. The quantitative estimate of drug-likeness (QED) is 0.814. The van der Waals surface area contributed by atoms with Crippen LogP contribution in [-0.2, 0) is 14.3 Å². The second kappa shape index (κ2) is 7.94. The molecule has 1 fully saturated rings. The van der Waals surface area contributed by atoms with Crippen molar-refractivity contribution in [3.8, 4) is 0 Å². The topological polar surface area (TPSA) is 58.6 Å². The number of benzene rings is 1. The molecule has 1 aliphatic heterocycles. The van der Waals surface area contributed by atoms with Gasteiger partial charge >= 0.3 is 5.97 Å². The Morgan fingerprint density at radius 3 is 2.73 bits per heavy atom. The van der Waals surface area contributed by atoms with Crippen molar-refractivity contribution in [3.63, 3.8) is 0 Å². The SMILES string of the molecule is COC(=O)CNC(=O)CCN1CCCC1c1ccc(C)cc1. The number of ether oxygens (including phenoxy) is 1. The molecule has 0 aliphatic carbocycles. The van der Waals surface area contributed by atoms with Gasteiger partial charge in [-0.3, -0.25) is 14.5 Å². The van der Waals surface area contributed by atoms with Gasteiger partial charge in [-0.15, -0.1) is 0 Å². The highest BCUT2D eigenvalue weighted by Crippen LogP contribution is 2.31. The van der Waals surface area contributed by atoms with Crippen molar-refractivity contribution < 1.29 is 14.3 Å². The number of hydrogen-bond donors (Lipinski definition) is 1. The summed E-state index contributed by atoms with van der Waals surface area (Å²) in [5.74, 6) is -0.535. The van der Waals surface area contributed by atoms with E-state index in [4.69, 9.17) is 0 Å². The summed E-state index contributed by atoms with van der Waals surface area (Å²) >= 11 is 0. The number of rotatable bonds is 6. The van der Waals surface area contributed by atoms with Gasteiger partial charge in [-0.05, 0) is 31.9 Å². The van der Waals surface area contributed by atoms with Gasteiger partial charge in [0.05, 0.1) is 7.11 Å². The molecule has 22 heavy (non-hydrogen) atoms. The predicted octanol–water partition coefficient (Wildman–Crippen LogP) is 1.81. The highest BCUT2D eigenvalue weighted by atomic mass is 16.5. The van der Waals surface area contributed by atoms with Gasteiger partial charge in [-0.2, -0.15) is 0 Å². The summed E-state index contributed by atoms with van der Waals surface area (Å²) in [6.07, 6.45) is 2.69. The third-order valence-electron chi connectivity index (χ3n) is 4.11. The molecule has 5 nitrogen and oxygen atoms in total. The molecule has 5 heteroatoms. The molecule has 1 aliphatic rings. The third kappa shape index (κ3) is 4.56. The Balaban J connectivity index is 1.82. The molecular formula is C17H24N2O3. The van der Waals surface area contributed by atoms with E-state index in [1.54, 1.807) is 0 Å². The molecule has 1 amide bonds. The van der Waals surface area contributed by atoms with Crippen molar-refractivity contribution in [2.75, 3.05) is 26.7 Å². The van der Waals surface area contributed by atoms with E-state index in [-0.39, 0.29) is 12.5 Å². The molecule has 1 N–H and O–H groups in total. The monoisotopic (exact) mass is 304 g/mol. The number of carbonyl (C=O) groups is 2. The molecular weight excluding hydrogens is 280 g/mol. The van der Waals surface area contributed by atoms with Crippen molar-refractivity contribution in [2.24, 2.45) is 0 Å². The zero-order valence-corrected chi connectivity index (χ0v) is 13.3. The second-order valence-corrected chi connectivity index (χ2v) is 5.71. The van der Waals surface area contributed by atoms with E-state index >= 15 is 0 Å². The number of esters is 1. The fourth-order valence-corrected chi connectivity index (χ4v) is 2.84. The molecule has 0 spiro atoms. The van der Waals surface area contributed by atoms with Crippen molar-refractivity contribution in [2.45, 2.75) is 32.2 Å². The van der Waals surface area contributed by atoms with Crippen LogP contribution in [0.4, 0.5) is 0 Å². The standard InChI is InChI=1S/C17H24N2O3/c1-13-5-7-14(8-6-13)15-4-3-10-19(15)11-9-16(20)18-12-17(21)22-2/h5-8,15H,3-4,9-12H2,1-2H3,(H,18,20). The lowest BCUT2D eigenvalue weighted by molar-refractivity contribution is -0.141. The van der Waals surface area contributed by atoms with Crippen molar-refractivity contribution in [3.05, 3.63) is 35.4 Å². The molecule has 1 atom stereocenters. The first kappa shape index (κ1) is 16.5. The molecule has 1 aromatic rings. The average molecular weight is 304 g/mol. The van der Waals surface area contributed by atoms with Gasteiger partial charge in [0.15, 0.2) is 0 Å². The maximum Gasteiger partial charge on any atom is 0.325 e. The summed E-state index contributed by atoms with van der Waals surface area (Å²) < 4.78 is 4.50. The van der Waals surface area contributed by atoms with Crippen LogP contribution in [0.2, 0.25) is 0 Å². The van der Waals surface area contributed by atoms with Crippen LogP contribution in [-0.4, -0.2) is 43.5 Å². The molecule has 1 heterocycles. The van der Waals surface area contributed by atoms with Gasteiger partial charge in [0.1, 0.15) is 6.54 Å². The van der Waals surface area contributed by atoms with Gasteiger partial charge in [0.25, 0.3) is 0 Å². The van der Waals surface area contributed by atoms with Crippen LogP contribution < -0.4 is 5.32 Å². The van der Waals surface area contributed by atoms with E-state index < -0.39 is 5.97 Å². The van der Waals surface area contributed by atoms with Gasteiger partial charge in [-0.1, -0.05) is 29.8 Å². The lowest BCUT2D eigenvalue weighted by atomic mass is 10.0. The fraction of sp³-hybridized carbons (Fsp3) is 0.529. The Labute approximate surface area is 131 Å². The van der Waals surface area contributed by atoms with Crippen LogP contribution in [0.5, 0.6) is 0 Å². The smallest absolute Gasteiger partial charge is 0.325 e. The maximum atomic E-state index is 11.8. The van der Waals surface area contributed by atoms with Crippen LogP contribution in [0.1, 0.15) is 36.4 Å². The van der Waals surface area contributed by atoms with E-state index in [0.29, 0.717) is 19.0 Å². The Morgan fingerprint density at radius 1 is 1.32 bits per heavy atom. The maximum absolute atomic E-state index is 11.8. The van der Waals surface area contributed by atoms with E-state index in [1.165, 1.54) is 18.2 Å². The molecule has 1 unspecified atom stereocenters. The van der Waals surface area contributed by atoms with Crippen LogP contribution in [0.15, 0.2) is 24.3 Å². The van der Waals surface area contributed by atoms with Crippen LogP contribution in [0.3, 0.4) is 0 Å². The first-order valence-corrected chi connectivity index (χ1v) is 7.74. The molecule has 1 aromatic carbocycles. The molecule has 0 aromatic heterocycles. The van der Waals surface area contributed by atoms with Crippen LogP contribution in [0, 0.1) is 6.92 Å². The highest BCUT2D eigenvalue weighted by Gasteiger charge is 2.25. The second-order valence-electron chi connectivity index (χ2n) is 5.71. The Bertz CT molecular complexity index is 513. The number of carbonyl (C=O) groups excluding carboxylic acids is 2. The van der Waals surface area contributed by atoms with Gasteiger partial charge in [0.2, 0.25) is 5.91 Å². The van der Waals surface area contributed by atoms with Crippen molar-refractivity contribution in [1.29, 1.82) is 0 Å². The number of likely N-dealkylation sites (tertiary alicyclic amines) is 1. The van der Waals surface area contributed by atoms with Crippen LogP contribution in [0.25, 0.3) is 0 Å². The molecule has 0 radical (unpaired) electrons. The normalized spacial score (nSPS) is 18.2. The summed E-state index contributed by atoms with van der Waals surface area (Å²) in [5, 5.41) is 2.58. The fourth-order valence-electron chi connectivity index (χ4n) is 2.84. The number of hydrogen-bond acceptors (Lipinski definition) is 4. The zero-order chi connectivity index (χ0) is 15.9. The lowest BCUT2D eigenvalue weighted by Gasteiger charge is -2.24. The molecule has 2 rings (SSSR count). The van der Waals surface area contributed by atoms with E-state index in [0.717, 1.165) is 19.4 Å². The first-order valence-electron chi connectivity index (χ1n) is 7.74. The first-order chi connectivity index (χ1) is 10.6. The summed E-state index contributed by atoms with van der Waals surface area (Å²) in [5.41, 5.74) is 2.58. The van der Waals surface area contributed by atoms with E-state index in [2.05, 4.69) is 46.1 Å². The van der Waals surface area contributed by atoms with Crippen molar-refractivity contribution in [1.82, 2.24) is 10.2 Å². The summed E-state index contributed by atoms with van der Waals surface area (Å²) in [7, 11) is 1.31. The number of nitrogens with zero attached hydrogens (tertiary/aromatic N) is 1. The van der Waals surface area contributed by atoms with E-state index in [9.17, 15) is 9.59 Å². The molecule has 0 saturated carbocycles. The highest BCUT2D eigenvalue weighted by molar-refractivity contribution is 5.81. The van der Waals surface area contributed by atoms with E-state index in [1.807, 2.05) is 0 Å². The van der Waals surface area contributed by atoms with Crippen LogP contribution >= 0.6 is 0 Å². The predicted molar refractivity (Wildman–Crippen MR) is 84.4 cm³/mol. The zero-order valence-electron chi connectivity index (χ0n) is 13.3. The molecule has 120 valence electrons. The summed E-state index contributed by atoms with van der Waals surface area (Å²) in [6, 6.07) is 9.02. The number of methoxy groups -OCH3 is 1. The lowest BCUT2D eigenvalue weighted by Crippen LogP contribution is -2.33. The Hall–Kier alpha value is -1.88. The summed E-state index contributed by atoms with van der Waals surface area (Å²) in [6.45, 7) is 3.76. The minimum atomic E-state index is -0.424. The molecule has 0 bridgehead atoms. The van der Waals surface area contributed by atoms with Crippen molar-refractivity contribution >= 4 is 11.9 Å². The largest absolute Gasteiger partial charge is 0.468 e. The average Bonchev–Trinajstić information content (AvgIpc) is 2.99. The minimum absolute atomic E-state index is 0.0588. The van der Waals surface area contributed by atoms with Gasteiger partial charge < -0.3 is 10.1 Å². The number of aryl methyl sites for hydroxylation is 1.